The van der Waals surface area contributed by atoms with E-state index in [4.69, 9.17) is 11.5 Å². The number of hydrogen-bond donors (Lipinski definition) is 2. The van der Waals surface area contributed by atoms with E-state index in [1.807, 2.05) is 54.6 Å². The van der Waals surface area contributed by atoms with Crippen LogP contribution in [-0.4, -0.2) is 18.4 Å². The lowest BCUT2D eigenvalue weighted by molar-refractivity contribution is -0.119. The summed E-state index contributed by atoms with van der Waals surface area (Å²) in [5.74, 6) is 0.131. The molecular weight excluding hydrogens is 382 g/mol. The minimum atomic E-state index is -0.357. The van der Waals surface area contributed by atoms with Gasteiger partial charge in [0.15, 0.2) is 5.78 Å². The molecule has 1 unspecified atom stereocenters. The third-order valence-electron chi connectivity index (χ3n) is 5.51. The van der Waals surface area contributed by atoms with Crippen molar-refractivity contribution < 1.29 is 4.79 Å². The monoisotopic (exact) mass is 409 g/mol. The van der Waals surface area contributed by atoms with Crippen LogP contribution < -0.4 is 16.4 Å². The molecule has 0 aromatic heterocycles. The van der Waals surface area contributed by atoms with Crippen LogP contribution in [0.5, 0.6) is 0 Å². The predicted molar refractivity (Wildman–Crippen MR) is 129 cm³/mol. The Labute approximate surface area is 183 Å². The lowest BCUT2D eigenvalue weighted by atomic mass is 9.91. The summed E-state index contributed by atoms with van der Waals surface area (Å²) in [6.45, 7) is 1.00. The van der Waals surface area contributed by atoms with Gasteiger partial charge in [-0.05, 0) is 47.5 Å². The fourth-order valence-corrected chi connectivity index (χ4v) is 3.93. The Bertz CT molecular complexity index is 1100. The SMILES string of the molecule is NCCC(=O)C1C=C(C=Cc2ccc(N)cc2)c2ccccc2N1Cc1ccccc1. The van der Waals surface area contributed by atoms with Gasteiger partial charge in [0.25, 0.3) is 0 Å². The molecule has 3 aromatic carbocycles. The van der Waals surface area contributed by atoms with Crippen LogP contribution in [0.3, 0.4) is 0 Å². The Balaban J connectivity index is 1.74. The first-order valence-corrected chi connectivity index (χ1v) is 10.5. The summed E-state index contributed by atoms with van der Waals surface area (Å²) in [5, 5.41) is 0. The van der Waals surface area contributed by atoms with E-state index in [0.717, 1.165) is 33.6 Å². The highest BCUT2D eigenvalue weighted by Crippen LogP contribution is 2.36. The van der Waals surface area contributed by atoms with Crippen molar-refractivity contribution in [1.29, 1.82) is 0 Å². The van der Waals surface area contributed by atoms with Crippen LogP contribution in [0.15, 0.2) is 91.0 Å². The number of benzene rings is 3. The molecule has 4 N–H and O–H groups in total. The molecule has 0 spiro atoms. The van der Waals surface area contributed by atoms with Crippen molar-refractivity contribution in [2.75, 3.05) is 17.2 Å². The highest BCUT2D eigenvalue weighted by atomic mass is 16.1. The minimum Gasteiger partial charge on any atom is -0.399 e. The van der Waals surface area contributed by atoms with E-state index in [9.17, 15) is 4.79 Å². The molecule has 1 atom stereocenters. The summed E-state index contributed by atoms with van der Waals surface area (Å²) < 4.78 is 0. The molecule has 0 saturated carbocycles. The van der Waals surface area contributed by atoms with Crippen LogP contribution >= 0.6 is 0 Å². The van der Waals surface area contributed by atoms with Crippen LogP contribution in [0.2, 0.25) is 0 Å². The number of allylic oxidation sites excluding steroid dienone is 2. The van der Waals surface area contributed by atoms with Gasteiger partial charge in [0.1, 0.15) is 6.04 Å². The highest BCUT2D eigenvalue weighted by Gasteiger charge is 2.30. The Kier molecular flexibility index (Phi) is 6.29. The molecule has 0 aliphatic carbocycles. The summed E-state index contributed by atoms with van der Waals surface area (Å²) in [5.41, 5.74) is 17.7. The molecule has 0 saturated heterocycles. The predicted octanol–water partition coefficient (Wildman–Crippen LogP) is 4.67. The molecule has 4 rings (SSSR count). The molecule has 31 heavy (non-hydrogen) atoms. The van der Waals surface area contributed by atoms with Crippen molar-refractivity contribution in [3.63, 3.8) is 0 Å². The van der Waals surface area contributed by atoms with Crippen LogP contribution in [0.4, 0.5) is 11.4 Å². The zero-order valence-corrected chi connectivity index (χ0v) is 17.4. The normalized spacial score (nSPS) is 15.6. The molecule has 3 aromatic rings. The maximum absolute atomic E-state index is 13.1. The number of fused-ring (bicyclic) bond motifs is 1. The van der Waals surface area contributed by atoms with Crippen molar-refractivity contribution in [1.82, 2.24) is 0 Å². The Hall–Kier alpha value is -3.63. The number of nitrogens with two attached hydrogens (primary N) is 2. The van der Waals surface area contributed by atoms with E-state index in [0.29, 0.717) is 19.5 Å². The summed E-state index contributed by atoms with van der Waals surface area (Å²) in [4.78, 5) is 15.2. The molecule has 4 heteroatoms. The molecule has 4 nitrogen and oxygen atoms in total. The number of anilines is 2. The fourth-order valence-electron chi connectivity index (χ4n) is 3.93. The van der Waals surface area contributed by atoms with Gasteiger partial charge < -0.3 is 16.4 Å². The summed E-state index contributed by atoms with van der Waals surface area (Å²) in [6, 6.07) is 25.9. The molecule has 1 aliphatic rings. The molecule has 0 amide bonds. The Morgan fingerprint density at radius 1 is 0.903 bits per heavy atom. The maximum atomic E-state index is 13.1. The Morgan fingerprint density at radius 2 is 1.61 bits per heavy atom. The zero-order valence-electron chi connectivity index (χ0n) is 17.4. The van der Waals surface area contributed by atoms with Gasteiger partial charge in [-0.2, -0.15) is 0 Å². The van der Waals surface area contributed by atoms with Gasteiger partial charge in [-0.15, -0.1) is 0 Å². The average Bonchev–Trinajstić information content (AvgIpc) is 2.80. The van der Waals surface area contributed by atoms with E-state index in [1.54, 1.807) is 0 Å². The third kappa shape index (κ3) is 4.76. The zero-order chi connectivity index (χ0) is 21.6. The maximum Gasteiger partial charge on any atom is 0.160 e. The molecule has 1 heterocycles. The smallest absolute Gasteiger partial charge is 0.160 e. The van der Waals surface area contributed by atoms with E-state index in [1.165, 1.54) is 0 Å². The molecule has 1 aliphatic heterocycles. The number of nitrogens with zero attached hydrogens (tertiary/aromatic N) is 1. The second-order valence-corrected chi connectivity index (χ2v) is 7.70. The first-order valence-electron chi connectivity index (χ1n) is 10.5. The second kappa shape index (κ2) is 9.45. The van der Waals surface area contributed by atoms with Crippen LogP contribution in [-0.2, 0) is 11.3 Å². The van der Waals surface area contributed by atoms with Crippen molar-refractivity contribution in [3.05, 3.63) is 108 Å². The van der Waals surface area contributed by atoms with Crippen LogP contribution in [0.1, 0.15) is 23.1 Å². The Morgan fingerprint density at radius 3 is 2.35 bits per heavy atom. The van der Waals surface area contributed by atoms with E-state index in [2.05, 4.69) is 47.4 Å². The standard InChI is InChI=1S/C27H27N3O/c28-17-16-27(31)26-18-22(13-10-20-11-14-23(29)15-12-20)24-8-4-5-9-25(24)30(26)19-21-6-2-1-3-7-21/h1-15,18,26H,16-17,19,28-29H2. The number of carbonyl (C=O) groups is 1. The van der Waals surface area contributed by atoms with Gasteiger partial charge in [-0.3, -0.25) is 4.79 Å². The molecular formula is C27H27N3O. The van der Waals surface area contributed by atoms with Gasteiger partial charge in [0.2, 0.25) is 0 Å². The van der Waals surface area contributed by atoms with Gasteiger partial charge in [0.05, 0.1) is 0 Å². The van der Waals surface area contributed by atoms with Crippen molar-refractivity contribution >= 4 is 28.8 Å². The first kappa shape index (κ1) is 20.6. The lowest BCUT2D eigenvalue weighted by Gasteiger charge is -2.36. The molecule has 156 valence electrons. The lowest BCUT2D eigenvalue weighted by Crippen LogP contribution is -2.42. The van der Waals surface area contributed by atoms with Gasteiger partial charge in [-0.25, -0.2) is 0 Å². The number of ketones is 1. The van der Waals surface area contributed by atoms with Crippen LogP contribution in [0.25, 0.3) is 11.6 Å². The topological polar surface area (TPSA) is 72.3 Å². The van der Waals surface area contributed by atoms with Crippen molar-refractivity contribution in [2.24, 2.45) is 5.73 Å². The van der Waals surface area contributed by atoms with Gasteiger partial charge >= 0.3 is 0 Å². The second-order valence-electron chi connectivity index (χ2n) is 7.70. The number of para-hydroxylation sites is 1. The average molecular weight is 410 g/mol. The third-order valence-corrected chi connectivity index (χ3v) is 5.51. The molecule has 0 fully saturated rings. The summed E-state index contributed by atoms with van der Waals surface area (Å²) >= 11 is 0. The number of Topliss-reactive ketones (excluding diaryl/α,β-unsaturated/α-hetero) is 1. The molecule has 0 radical (unpaired) electrons. The van der Waals surface area contributed by atoms with Gasteiger partial charge in [-0.1, -0.05) is 72.8 Å². The highest BCUT2D eigenvalue weighted by molar-refractivity contribution is 5.98. The largest absolute Gasteiger partial charge is 0.399 e. The summed E-state index contributed by atoms with van der Waals surface area (Å²) in [7, 11) is 0. The van der Waals surface area contributed by atoms with Crippen molar-refractivity contribution in [3.8, 4) is 0 Å². The number of carbonyl (C=O) groups excluding carboxylic acids is 1. The minimum absolute atomic E-state index is 0.131. The quantitative estimate of drug-likeness (QED) is 0.556. The van der Waals surface area contributed by atoms with Crippen molar-refractivity contribution in [2.45, 2.75) is 19.0 Å². The van der Waals surface area contributed by atoms with Crippen LogP contribution in [0, 0.1) is 0 Å². The first-order chi connectivity index (χ1) is 15.2. The number of rotatable bonds is 7. The van der Waals surface area contributed by atoms with Gasteiger partial charge in [0, 0.05) is 29.9 Å². The fraction of sp³-hybridized carbons (Fsp3) is 0.148. The number of nitrogen functional groups attached to an aromatic ring is 1. The summed E-state index contributed by atoms with van der Waals surface area (Å²) in [6.07, 6.45) is 6.55. The van der Waals surface area contributed by atoms with E-state index in [-0.39, 0.29) is 11.8 Å². The number of hydrogen-bond acceptors (Lipinski definition) is 4. The molecule has 0 bridgehead atoms. The van der Waals surface area contributed by atoms with E-state index < -0.39 is 0 Å². The van der Waals surface area contributed by atoms with E-state index >= 15 is 0 Å².